The summed E-state index contributed by atoms with van der Waals surface area (Å²) in [5.74, 6) is -1.52. The van der Waals surface area contributed by atoms with Crippen LogP contribution in [0.15, 0.2) is 17.0 Å². The van der Waals surface area contributed by atoms with Crippen molar-refractivity contribution in [1.82, 2.24) is 10.0 Å². The summed E-state index contributed by atoms with van der Waals surface area (Å²) >= 11 is 0. The standard InChI is InChI=1S/C14H20F2N2O2S/c1-8(2)17-7-10-11(15)4-5-13(14(10)16)21(19,20)18-12-6-9(12)3/h4-5,8-9,12,17-18H,6-7H2,1-3H3. The Balaban J connectivity index is 2.29. The van der Waals surface area contributed by atoms with Gasteiger partial charge in [0.1, 0.15) is 10.7 Å². The quantitative estimate of drug-likeness (QED) is 0.845. The van der Waals surface area contributed by atoms with E-state index < -0.39 is 26.6 Å². The average molecular weight is 318 g/mol. The van der Waals surface area contributed by atoms with Crippen LogP contribution >= 0.6 is 0 Å². The van der Waals surface area contributed by atoms with Gasteiger partial charge in [-0.15, -0.1) is 0 Å². The Hall–Kier alpha value is -1.05. The normalized spacial score (nSPS) is 21.8. The van der Waals surface area contributed by atoms with Gasteiger partial charge in [0.25, 0.3) is 0 Å². The molecule has 1 aliphatic rings. The lowest BCUT2D eigenvalue weighted by Crippen LogP contribution is -2.29. The van der Waals surface area contributed by atoms with Crippen LogP contribution in [0.25, 0.3) is 0 Å². The second-order valence-corrected chi connectivity index (χ2v) is 7.50. The minimum atomic E-state index is -3.96. The molecule has 0 radical (unpaired) electrons. The Morgan fingerprint density at radius 1 is 1.33 bits per heavy atom. The molecule has 2 rings (SSSR count). The van der Waals surface area contributed by atoms with E-state index >= 15 is 0 Å². The van der Waals surface area contributed by atoms with E-state index in [9.17, 15) is 17.2 Å². The number of sulfonamides is 1. The molecule has 2 N–H and O–H groups in total. The summed E-state index contributed by atoms with van der Waals surface area (Å²) in [6.07, 6.45) is 0.740. The second kappa shape index (κ2) is 5.98. The van der Waals surface area contributed by atoms with Gasteiger partial charge in [-0.05, 0) is 24.5 Å². The molecule has 1 aromatic carbocycles. The Morgan fingerprint density at radius 3 is 2.48 bits per heavy atom. The zero-order valence-corrected chi connectivity index (χ0v) is 13.1. The van der Waals surface area contributed by atoms with Crippen LogP contribution < -0.4 is 10.0 Å². The van der Waals surface area contributed by atoms with Crippen LogP contribution in [-0.2, 0) is 16.6 Å². The molecule has 0 aromatic heterocycles. The molecular formula is C14H20F2N2O2S. The molecule has 0 heterocycles. The number of halogens is 2. The first kappa shape index (κ1) is 16.3. The van der Waals surface area contributed by atoms with Crippen molar-refractivity contribution in [3.05, 3.63) is 29.3 Å². The third-order valence-corrected chi connectivity index (χ3v) is 5.05. The molecule has 118 valence electrons. The van der Waals surface area contributed by atoms with E-state index in [4.69, 9.17) is 0 Å². The lowest BCUT2D eigenvalue weighted by Gasteiger charge is -2.13. The first-order valence-corrected chi connectivity index (χ1v) is 8.43. The molecule has 0 bridgehead atoms. The van der Waals surface area contributed by atoms with Gasteiger partial charge in [-0.25, -0.2) is 21.9 Å². The van der Waals surface area contributed by atoms with Crippen molar-refractivity contribution in [3.63, 3.8) is 0 Å². The molecular weight excluding hydrogens is 298 g/mol. The minimum absolute atomic E-state index is 0.0366. The van der Waals surface area contributed by atoms with Crippen LogP contribution in [-0.4, -0.2) is 20.5 Å². The number of hydrogen-bond donors (Lipinski definition) is 2. The zero-order valence-electron chi connectivity index (χ0n) is 12.3. The van der Waals surface area contributed by atoms with Crippen molar-refractivity contribution in [1.29, 1.82) is 0 Å². The van der Waals surface area contributed by atoms with Crippen molar-refractivity contribution in [2.45, 2.75) is 50.7 Å². The molecule has 1 aromatic rings. The lowest BCUT2D eigenvalue weighted by atomic mass is 10.2. The Morgan fingerprint density at radius 2 is 1.95 bits per heavy atom. The molecule has 1 aliphatic carbocycles. The highest BCUT2D eigenvalue weighted by Gasteiger charge is 2.37. The Kier molecular flexibility index (Phi) is 4.65. The lowest BCUT2D eigenvalue weighted by molar-refractivity contribution is 0.497. The third-order valence-electron chi connectivity index (χ3n) is 3.54. The smallest absolute Gasteiger partial charge is 0.243 e. The van der Waals surface area contributed by atoms with Crippen molar-refractivity contribution in [2.75, 3.05) is 0 Å². The predicted molar refractivity (Wildman–Crippen MR) is 76.2 cm³/mol. The van der Waals surface area contributed by atoms with Gasteiger partial charge in [0, 0.05) is 24.2 Å². The summed E-state index contributed by atoms with van der Waals surface area (Å²) in [6.45, 7) is 5.53. The van der Waals surface area contributed by atoms with E-state index in [1.165, 1.54) is 0 Å². The molecule has 0 aliphatic heterocycles. The fourth-order valence-corrected chi connectivity index (χ4v) is 3.46. The van der Waals surface area contributed by atoms with Crippen LogP contribution in [0.2, 0.25) is 0 Å². The Bertz CT molecular complexity index is 632. The maximum atomic E-state index is 14.3. The van der Waals surface area contributed by atoms with Crippen molar-refractivity contribution >= 4 is 10.0 Å². The third kappa shape index (κ3) is 3.78. The molecule has 7 heteroatoms. The van der Waals surface area contributed by atoms with E-state index in [1.807, 2.05) is 20.8 Å². The molecule has 0 saturated heterocycles. The van der Waals surface area contributed by atoms with Crippen molar-refractivity contribution in [3.8, 4) is 0 Å². The molecule has 1 fully saturated rings. The summed E-state index contributed by atoms with van der Waals surface area (Å²) in [4.78, 5) is -0.497. The van der Waals surface area contributed by atoms with E-state index in [0.717, 1.165) is 18.6 Å². The first-order valence-electron chi connectivity index (χ1n) is 6.95. The fourth-order valence-electron chi connectivity index (χ4n) is 2.00. The van der Waals surface area contributed by atoms with Gasteiger partial charge < -0.3 is 5.32 Å². The van der Waals surface area contributed by atoms with Crippen LogP contribution in [0.1, 0.15) is 32.8 Å². The van der Waals surface area contributed by atoms with Gasteiger partial charge in [-0.3, -0.25) is 0 Å². The van der Waals surface area contributed by atoms with E-state index in [0.29, 0.717) is 0 Å². The van der Waals surface area contributed by atoms with Crippen molar-refractivity contribution < 1.29 is 17.2 Å². The summed E-state index contributed by atoms with van der Waals surface area (Å²) < 4.78 is 54.8. The van der Waals surface area contributed by atoms with Gasteiger partial charge in [0.05, 0.1) is 0 Å². The van der Waals surface area contributed by atoms with Crippen molar-refractivity contribution in [2.24, 2.45) is 5.92 Å². The second-order valence-electron chi connectivity index (χ2n) is 5.81. The monoisotopic (exact) mass is 318 g/mol. The van der Waals surface area contributed by atoms with E-state index in [1.54, 1.807) is 0 Å². The number of hydrogen-bond acceptors (Lipinski definition) is 3. The SMILES string of the molecule is CC(C)NCc1c(F)ccc(S(=O)(=O)NC2CC2C)c1F. The highest BCUT2D eigenvalue weighted by Crippen LogP contribution is 2.31. The van der Waals surface area contributed by atoms with E-state index in [2.05, 4.69) is 10.0 Å². The molecule has 1 saturated carbocycles. The van der Waals surface area contributed by atoms with Gasteiger partial charge in [-0.1, -0.05) is 20.8 Å². The number of rotatable bonds is 6. The van der Waals surface area contributed by atoms with Crippen LogP contribution in [0.5, 0.6) is 0 Å². The topological polar surface area (TPSA) is 58.2 Å². The van der Waals surface area contributed by atoms with E-state index in [-0.39, 0.29) is 30.1 Å². The average Bonchev–Trinajstić information content (AvgIpc) is 3.02. The zero-order chi connectivity index (χ0) is 15.8. The molecule has 0 amide bonds. The molecule has 21 heavy (non-hydrogen) atoms. The summed E-state index contributed by atoms with van der Waals surface area (Å²) in [6, 6.07) is 1.84. The maximum absolute atomic E-state index is 14.3. The molecule has 0 spiro atoms. The highest BCUT2D eigenvalue weighted by molar-refractivity contribution is 7.89. The largest absolute Gasteiger partial charge is 0.310 e. The summed E-state index contributed by atoms with van der Waals surface area (Å²) in [5, 5.41) is 2.89. The molecule has 2 unspecified atom stereocenters. The molecule has 4 nitrogen and oxygen atoms in total. The minimum Gasteiger partial charge on any atom is -0.310 e. The van der Waals surface area contributed by atoms with Crippen LogP contribution in [0.3, 0.4) is 0 Å². The number of benzene rings is 1. The van der Waals surface area contributed by atoms with Gasteiger partial charge in [0.15, 0.2) is 5.82 Å². The van der Waals surface area contributed by atoms with Gasteiger partial charge in [-0.2, -0.15) is 0 Å². The predicted octanol–water partition coefficient (Wildman–Crippen LogP) is 2.15. The van der Waals surface area contributed by atoms with Crippen LogP contribution in [0.4, 0.5) is 8.78 Å². The number of nitrogens with one attached hydrogen (secondary N) is 2. The summed E-state index contributed by atoms with van der Waals surface area (Å²) in [7, 11) is -3.96. The van der Waals surface area contributed by atoms with Gasteiger partial charge >= 0.3 is 0 Å². The molecule has 2 atom stereocenters. The van der Waals surface area contributed by atoms with Gasteiger partial charge in [0.2, 0.25) is 10.0 Å². The highest BCUT2D eigenvalue weighted by atomic mass is 32.2. The summed E-state index contributed by atoms with van der Waals surface area (Å²) in [5.41, 5.74) is -0.254. The first-order chi connectivity index (χ1) is 9.72. The van der Waals surface area contributed by atoms with Crippen LogP contribution in [0, 0.1) is 17.6 Å². The maximum Gasteiger partial charge on any atom is 0.243 e. The fraction of sp³-hybridized carbons (Fsp3) is 0.571. The Labute approximate surface area is 124 Å².